The smallest absolute Gasteiger partial charge is 0.234 e. The predicted octanol–water partition coefficient (Wildman–Crippen LogP) is 0.591. The molecule has 2 aliphatic heterocycles. The quantitative estimate of drug-likeness (QED) is 0.825. The van der Waals surface area contributed by atoms with Gasteiger partial charge in [-0.2, -0.15) is 5.10 Å². The average Bonchev–Trinajstić information content (AvgIpc) is 3.09. The summed E-state index contributed by atoms with van der Waals surface area (Å²) in [5, 5.41) is 7.43. The maximum atomic E-state index is 12.4. The lowest BCUT2D eigenvalue weighted by molar-refractivity contribution is -0.123. The standard InChI is InChI=1S/C17H30N6O/c1-2-21-8-5-16(6-9-21)20-17(24)12-22-7-3-4-15(10-22)11-23-14-18-13-19-23/h13-16H,2-12H2,1H3,(H,20,24)/t15-/m0/s1. The van der Waals surface area contributed by atoms with E-state index in [9.17, 15) is 4.79 Å². The van der Waals surface area contributed by atoms with E-state index in [0.717, 1.165) is 58.5 Å². The SMILES string of the molecule is CCN1CCC(NC(=O)CN2CCC[C@H](Cn3cncn3)C2)CC1. The summed E-state index contributed by atoms with van der Waals surface area (Å²) in [6.07, 6.45) is 7.87. The highest BCUT2D eigenvalue weighted by molar-refractivity contribution is 5.78. The normalized spacial score (nSPS) is 24.1. The number of nitrogens with one attached hydrogen (secondary N) is 1. The van der Waals surface area contributed by atoms with Gasteiger partial charge in [0, 0.05) is 32.2 Å². The van der Waals surface area contributed by atoms with Gasteiger partial charge in [-0.1, -0.05) is 6.92 Å². The monoisotopic (exact) mass is 334 g/mol. The van der Waals surface area contributed by atoms with Gasteiger partial charge in [-0.3, -0.25) is 14.4 Å². The molecule has 7 nitrogen and oxygen atoms in total. The van der Waals surface area contributed by atoms with Crippen LogP contribution in [0.5, 0.6) is 0 Å². The van der Waals surface area contributed by atoms with Crippen LogP contribution in [0.2, 0.25) is 0 Å². The van der Waals surface area contributed by atoms with Crippen LogP contribution in [0, 0.1) is 5.92 Å². The molecule has 1 atom stereocenters. The highest BCUT2D eigenvalue weighted by Crippen LogP contribution is 2.18. The Balaban J connectivity index is 1.39. The van der Waals surface area contributed by atoms with Crippen LogP contribution in [0.15, 0.2) is 12.7 Å². The van der Waals surface area contributed by atoms with Crippen molar-refractivity contribution in [2.24, 2.45) is 5.92 Å². The Morgan fingerprint density at radius 2 is 2.04 bits per heavy atom. The first-order valence-electron chi connectivity index (χ1n) is 9.29. The molecular weight excluding hydrogens is 304 g/mol. The molecule has 2 fully saturated rings. The Kier molecular flexibility index (Phi) is 6.20. The molecule has 134 valence electrons. The minimum atomic E-state index is 0.186. The summed E-state index contributed by atoms with van der Waals surface area (Å²) < 4.78 is 1.90. The molecule has 2 aliphatic rings. The Morgan fingerprint density at radius 3 is 2.75 bits per heavy atom. The molecule has 3 heterocycles. The topological polar surface area (TPSA) is 66.3 Å². The second kappa shape index (κ2) is 8.58. The Hall–Kier alpha value is -1.47. The number of carbonyl (C=O) groups excluding carboxylic acids is 1. The number of aromatic nitrogens is 3. The molecule has 1 aromatic heterocycles. The maximum absolute atomic E-state index is 12.4. The molecule has 7 heteroatoms. The number of piperidine rings is 2. The van der Waals surface area contributed by atoms with Gasteiger partial charge in [-0.25, -0.2) is 4.98 Å². The van der Waals surface area contributed by atoms with Crippen molar-refractivity contribution in [1.82, 2.24) is 29.9 Å². The van der Waals surface area contributed by atoms with Crippen LogP contribution in [-0.4, -0.2) is 75.8 Å². The zero-order valence-corrected chi connectivity index (χ0v) is 14.7. The third-order valence-electron chi connectivity index (χ3n) is 5.28. The molecule has 1 amide bonds. The molecule has 1 aromatic rings. The highest BCUT2D eigenvalue weighted by Gasteiger charge is 2.24. The van der Waals surface area contributed by atoms with Crippen LogP contribution in [0.4, 0.5) is 0 Å². The largest absolute Gasteiger partial charge is 0.352 e. The number of amides is 1. The van der Waals surface area contributed by atoms with Crippen molar-refractivity contribution >= 4 is 5.91 Å². The summed E-state index contributed by atoms with van der Waals surface area (Å²) in [5.74, 6) is 0.743. The molecule has 0 aromatic carbocycles. The van der Waals surface area contributed by atoms with Gasteiger partial charge in [-0.15, -0.1) is 0 Å². The zero-order valence-electron chi connectivity index (χ0n) is 14.7. The Morgan fingerprint density at radius 1 is 1.21 bits per heavy atom. The number of rotatable bonds is 6. The molecule has 0 radical (unpaired) electrons. The fraction of sp³-hybridized carbons (Fsp3) is 0.824. The van der Waals surface area contributed by atoms with Gasteiger partial charge >= 0.3 is 0 Å². The van der Waals surface area contributed by atoms with E-state index in [1.165, 1.54) is 6.42 Å². The van der Waals surface area contributed by atoms with Gasteiger partial charge in [0.2, 0.25) is 5.91 Å². The van der Waals surface area contributed by atoms with Gasteiger partial charge in [0.1, 0.15) is 12.7 Å². The molecule has 0 aliphatic carbocycles. The fourth-order valence-electron chi connectivity index (χ4n) is 3.91. The van der Waals surface area contributed by atoms with Gasteiger partial charge in [0.05, 0.1) is 6.54 Å². The van der Waals surface area contributed by atoms with Crippen molar-refractivity contribution in [3.8, 4) is 0 Å². The summed E-state index contributed by atoms with van der Waals surface area (Å²) in [4.78, 5) is 21.1. The van der Waals surface area contributed by atoms with Crippen LogP contribution in [0.3, 0.4) is 0 Å². The number of likely N-dealkylation sites (tertiary alicyclic amines) is 2. The van der Waals surface area contributed by atoms with E-state index in [4.69, 9.17) is 0 Å². The minimum absolute atomic E-state index is 0.186. The third-order valence-corrected chi connectivity index (χ3v) is 5.28. The lowest BCUT2D eigenvalue weighted by Gasteiger charge is -2.34. The van der Waals surface area contributed by atoms with Crippen LogP contribution in [0.25, 0.3) is 0 Å². The van der Waals surface area contributed by atoms with Gasteiger partial charge in [0.15, 0.2) is 0 Å². The number of nitrogens with zero attached hydrogens (tertiary/aromatic N) is 5. The van der Waals surface area contributed by atoms with E-state index in [0.29, 0.717) is 18.5 Å². The van der Waals surface area contributed by atoms with Gasteiger partial charge in [0.25, 0.3) is 0 Å². The fourth-order valence-corrected chi connectivity index (χ4v) is 3.91. The van der Waals surface area contributed by atoms with E-state index >= 15 is 0 Å². The number of hydrogen-bond acceptors (Lipinski definition) is 5. The summed E-state index contributed by atoms with van der Waals surface area (Å²) in [5.41, 5.74) is 0. The molecule has 0 bridgehead atoms. The van der Waals surface area contributed by atoms with Gasteiger partial charge in [-0.05, 0) is 44.7 Å². The second-order valence-corrected chi connectivity index (χ2v) is 7.14. The first-order chi connectivity index (χ1) is 11.7. The molecule has 0 saturated carbocycles. The van der Waals surface area contributed by atoms with E-state index in [2.05, 4.69) is 32.1 Å². The predicted molar refractivity (Wildman–Crippen MR) is 92.5 cm³/mol. The zero-order chi connectivity index (χ0) is 16.8. The van der Waals surface area contributed by atoms with Crippen molar-refractivity contribution in [3.05, 3.63) is 12.7 Å². The maximum Gasteiger partial charge on any atom is 0.234 e. The lowest BCUT2D eigenvalue weighted by Crippen LogP contribution is -2.49. The van der Waals surface area contributed by atoms with Crippen molar-refractivity contribution in [3.63, 3.8) is 0 Å². The average molecular weight is 334 g/mol. The first kappa shape index (κ1) is 17.4. The van der Waals surface area contributed by atoms with Crippen molar-refractivity contribution in [2.45, 2.75) is 45.2 Å². The highest BCUT2D eigenvalue weighted by atomic mass is 16.2. The Bertz CT molecular complexity index is 497. The summed E-state index contributed by atoms with van der Waals surface area (Å²) >= 11 is 0. The molecule has 3 rings (SSSR count). The summed E-state index contributed by atoms with van der Waals surface area (Å²) in [6, 6.07) is 0.357. The van der Waals surface area contributed by atoms with Crippen molar-refractivity contribution in [1.29, 1.82) is 0 Å². The summed E-state index contributed by atoms with van der Waals surface area (Å²) in [6.45, 7) is 8.94. The number of carbonyl (C=O) groups is 1. The third kappa shape index (κ3) is 5.01. The van der Waals surface area contributed by atoms with E-state index in [1.807, 2.05) is 4.68 Å². The van der Waals surface area contributed by atoms with Crippen LogP contribution >= 0.6 is 0 Å². The van der Waals surface area contributed by atoms with Crippen LogP contribution in [-0.2, 0) is 11.3 Å². The molecule has 2 saturated heterocycles. The second-order valence-electron chi connectivity index (χ2n) is 7.14. The van der Waals surface area contributed by atoms with Gasteiger partial charge < -0.3 is 10.2 Å². The van der Waals surface area contributed by atoms with E-state index in [1.54, 1.807) is 12.7 Å². The molecule has 0 unspecified atom stereocenters. The van der Waals surface area contributed by atoms with E-state index < -0.39 is 0 Å². The molecular formula is C17H30N6O. The minimum Gasteiger partial charge on any atom is -0.352 e. The van der Waals surface area contributed by atoms with E-state index in [-0.39, 0.29) is 5.91 Å². The first-order valence-corrected chi connectivity index (χ1v) is 9.29. The van der Waals surface area contributed by atoms with Crippen molar-refractivity contribution < 1.29 is 4.79 Å². The molecule has 1 N–H and O–H groups in total. The lowest BCUT2D eigenvalue weighted by atomic mass is 9.98. The molecule has 0 spiro atoms. The summed E-state index contributed by atoms with van der Waals surface area (Å²) in [7, 11) is 0. The number of hydrogen-bond donors (Lipinski definition) is 1. The van der Waals surface area contributed by atoms with Crippen LogP contribution in [0.1, 0.15) is 32.6 Å². The molecule has 24 heavy (non-hydrogen) atoms. The van der Waals surface area contributed by atoms with Crippen molar-refractivity contribution in [2.75, 3.05) is 39.3 Å². The Labute approximate surface area is 144 Å². The van der Waals surface area contributed by atoms with Crippen LogP contribution < -0.4 is 5.32 Å².